The van der Waals surface area contributed by atoms with Crippen molar-refractivity contribution in [3.63, 3.8) is 0 Å². The molecule has 27 heavy (non-hydrogen) atoms. The van der Waals surface area contributed by atoms with Crippen LogP contribution in [-0.4, -0.2) is 42.2 Å². The summed E-state index contributed by atoms with van der Waals surface area (Å²) >= 11 is 0. The lowest BCUT2D eigenvalue weighted by Crippen LogP contribution is -2.66. The molecule has 0 saturated carbocycles. The molecule has 0 amide bonds. The van der Waals surface area contributed by atoms with Crippen LogP contribution in [0.15, 0.2) is 11.4 Å². The zero-order valence-corrected chi connectivity index (χ0v) is 11.3. The van der Waals surface area contributed by atoms with E-state index < -0.39 is 53.6 Å². The highest BCUT2D eigenvalue weighted by Gasteiger charge is 2.88. The van der Waals surface area contributed by atoms with Gasteiger partial charge in [-0.1, -0.05) is 0 Å². The van der Waals surface area contributed by atoms with Crippen molar-refractivity contribution >= 4 is 0 Å². The van der Waals surface area contributed by atoms with Gasteiger partial charge in [0.05, 0.1) is 0 Å². The molecule has 0 heterocycles. The highest BCUT2D eigenvalue weighted by Crippen LogP contribution is 2.60. The first-order valence-corrected chi connectivity index (χ1v) is 5.40. The summed E-state index contributed by atoms with van der Waals surface area (Å²) in [5.41, 5.74) is -5.15. The van der Waals surface area contributed by atoms with Crippen molar-refractivity contribution in [1.82, 2.24) is 0 Å². The molecule has 0 aliphatic rings. The number of hydrogen-bond acceptors (Lipinski definition) is 0. The Labute approximate surface area is 134 Å². The zero-order valence-electron chi connectivity index (χ0n) is 11.3. The molecule has 0 aliphatic heterocycles. The predicted octanol–water partition coefficient (Wildman–Crippen LogP) is 6.44. The van der Waals surface area contributed by atoms with Gasteiger partial charge >= 0.3 is 42.2 Å². The Morgan fingerprint density at radius 3 is 0.926 bits per heavy atom. The quantitative estimate of drug-likeness (QED) is 0.433. The molecule has 0 aromatic carbocycles. The van der Waals surface area contributed by atoms with Crippen LogP contribution < -0.4 is 0 Å². The molecule has 0 nitrogen and oxygen atoms in total. The average Bonchev–Trinajstić information content (AvgIpc) is 2.32. The maximum atomic E-state index is 13.0. The van der Waals surface area contributed by atoms with Crippen LogP contribution in [-0.2, 0) is 0 Å². The summed E-state index contributed by atoms with van der Waals surface area (Å²) in [5.74, 6) is -38.4. The SMILES string of the molecule is FC(=C(C(F)(F)F)C(F)(F)F)C(F)(F)C(F)(F)C(F)(F)C(F)(F)C(F)(F)F. The van der Waals surface area contributed by atoms with Crippen molar-refractivity contribution in [2.75, 3.05) is 0 Å². The van der Waals surface area contributed by atoms with Crippen LogP contribution in [0.3, 0.4) is 0 Å². The molecule has 0 rings (SSSR count). The molecule has 0 fully saturated rings. The predicted molar refractivity (Wildman–Crippen MR) is 46.1 cm³/mol. The summed E-state index contributed by atoms with van der Waals surface area (Å²) in [5, 5.41) is 0. The van der Waals surface area contributed by atoms with Gasteiger partial charge < -0.3 is 0 Å². The van der Waals surface area contributed by atoms with E-state index in [2.05, 4.69) is 0 Å². The van der Waals surface area contributed by atoms with Crippen LogP contribution in [0.25, 0.3) is 0 Å². The molecular formula is C9F18. The molecule has 0 N–H and O–H groups in total. The van der Waals surface area contributed by atoms with Gasteiger partial charge in [-0.2, -0.15) is 74.6 Å². The fourth-order valence-corrected chi connectivity index (χ4v) is 1.28. The summed E-state index contributed by atoms with van der Waals surface area (Å²) < 4.78 is 222. The van der Waals surface area contributed by atoms with Crippen LogP contribution in [0.2, 0.25) is 0 Å². The lowest BCUT2D eigenvalue weighted by Gasteiger charge is -2.37. The van der Waals surface area contributed by atoms with E-state index in [4.69, 9.17) is 0 Å². The summed E-state index contributed by atoms with van der Waals surface area (Å²) in [6, 6.07) is 0. The first kappa shape index (κ1) is 25.5. The minimum absolute atomic E-state index is 5.15. The Bertz CT molecular complexity index is 563. The summed E-state index contributed by atoms with van der Waals surface area (Å²) in [7, 11) is 0. The van der Waals surface area contributed by atoms with E-state index >= 15 is 0 Å². The van der Waals surface area contributed by atoms with Gasteiger partial charge in [0.25, 0.3) is 0 Å². The molecule has 0 bridgehead atoms. The molecule has 0 spiro atoms. The van der Waals surface area contributed by atoms with Crippen LogP contribution in [0.4, 0.5) is 79.0 Å². The third-order valence-corrected chi connectivity index (χ3v) is 2.60. The second-order valence-electron chi connectivity index (χ2n) is 4.48. The van der Waals surface area contributed by atoms with E-state index in [0.717, 1.165) is 0 Å². The van der Waals surface area contributed by atoms with E-state index in [0.29, 0.717) is 0 Å². The van der Waals surface area contributed by atoms with Crippen molar-refractivity contribution in [1.29, 1.82) is 0 Å². The fraction of sp³-hybridized carbons (Fsp3) is 0.778. The average molecular weight is 450 g/mol. The molecule has 18 heteroatoms. The molecule has 0 radical (unpaired) electrons. The highest BCUT2D eigenvalue weighted by atomic mass is 19.4. The van der Waals surface area contributed by atoms with E-state index in [1.165, 1.54) is 0 Å². The first-order valence-electron chi connectivity index (χ1n) is 5.40. The van der Waals surface area contributed by atoms with Gasteiger partial charge in [-0.25, -0.2) is 4.39 Å². The van der Waals surface area contributed by atoms with Crippen molar-refractivity contribution in [2.24, 2.45) is 0 Å². The minimum atomic E-state index is -8.40. The Kier molecular flexibility index (Phi) is 5.90. The van der Waals surface area contributed by atoms with Crippen molar-refractivity contribution in [3.8, 4) is 0 Å². The molecule has 0 atom stereocenters. The largest absolute Gasteiger partial charge is 0.460 e. The highest BCUT2D eigenvalue weighted by molar-refractivity contribution is 5.28. The van der Waals surface area contributed by atoms with Crippen LogP contribution in [0.1, 0.15) is 0 Å². The van der Waals surface area contributed by atoms with Gasteiger partial charge in [0.15, 0.2) is 11.4 Å². The minimum Gasteiger partial charge on any atom is -0.204 e. The molecule has 0 aliphatic carbocycles. The third kappa shape index (κ3) is 3.88. The second kappa shape index (κ2) is 6.25. The van der Waals surface area contributed by atoms with E-state index in [1.54, 1.807) is 0 Å². The van der Waals surface area contributed by atoms with Crippen LogP contribution >= 0.6 is 0 Å². The lowest BCUT2D eigenvalue weighted by atomic mass is 9.95. The van der Waals surface area contributed by atoms with Gasteiger partial charge in [-0.05, 0) is 0 Å². The maximum Gasteiger partial charge on any atom is 0.460 e. The van der Waals surface area contributed by atoms with Gasteiger partial charge in [0.2, 0.25) is 0 Å². The van der Waals surface area contributed by atoms with Crippen molar-refractivity contribution < 1.29 is 79.0 Å². The molecule has 162 valence electrons. The van der Waals surface area contributed by atoms with Crippen LogP contribution in [0, 0.1) is 0 Å². The molecule has 0 aromatic rings. The number of hydrogen-bond donors (Lipinski definition) is 0. The Morgan fingerprint density at radius 1 is 0.407 bits per heavy atom. The summed E-state index contributed by atoms with van der Waals surface area (Å²) in [4.78, 5) is 0. The van der Waals surface area contributed by atoms with Crippen LogP contribution in [0.5, 0.6) is 0 Å². The monoisotopic (exact) mass is 450 g/mol. The Hall–Kier alpha value is -1.52. The summed E-state index contributed by atoms with van der Waals surface area (Å²) in [6.45, 7) is 0. The topological polar surface area (TPSA) is 0 Å². The van der Waals surface area contributed by atoms with Gasteiger partial charge in [-0.15, -0.1) is 0 Å². The second-order valence-corrected chi connectivity index (χ2v) is 4.48. The van der Waals surface area contributed by atoms with Gasteiger partial charge in [-0.3, -0.25) is 0 Å². The molecule has 0 unspecified atom stereocenters. The third-order valence-electron chi connectivity index (χ3n) is 2.60. The number of allylic oxidation sites excluding steroid dienone is 2. The molecular weight excluding hydrogens is 450 g/mol. The fourth-order valence-electron chi connectivity index (χ4n) is 1.28. The van der Waals surface area contributed by atoms with Gasteiger partial charge in [0, 0.05) is 0 Å². The number of alkyl halides is 17. The van der Waals surface area contributed by atoms with Crippen molar-refractivity contribution in [3.05, 3.63) is 11.4 Å². The zero-order chi connectivity index (χ0) is 22.7. The lowest BCUT2D eigenvalue weighted by molar-refractivity contribution is -0.419. The summed E-state index contributed by atoms with van der Waals surface area (Å²) in [6.07, 6.45) is -22.3. The Balaban J connectivity index is 6.86. The van der Waals surface area contributed by atoms with E-state index in [9.17, 15) is 79.0 Å². The normalized spacial score (nSPS) is 15.8. The molecule has 0 aromatic heterocycles. The number of rotatable bonds is 4. The first-order chi connectivity index (χ1) is 11.3. The van der Waals surface area contributed by atoms with E-state index in [-0.39, 0.29) is 0 Å². The smallest absolute Gasteiger partial charge is 0.204 e. The van der Waals surface area contributed by atoms with Crippen molar-refractivity contribution in [2.45, 2.75) is 42.2 Å². The Morgan fingerprint density at radius 2 is 0.704 bits per heavy atom. The maximum absolute atomic E-state index is 13.0. The van der Waals surface area contributed by atoms with E-state index in [1.807, 2.05) is 0 Å². The molecule has 0 saturated heterocycles. The number of halogens is 18. The standard InChI is InChI=1S/C9F18/c10-2(1(4(13,14)15)5(16,17)18)3(11,12)6(19,20)7(21,22)8(23,24)9(25,26)27. The van der Waals surface area contributed by atoms with Gasteiger partial charge in [0.1, 0.15) is 0 Å².